The molecule has 0 saturated heterocycles. The molecule has 0 heterocycles. The lowest BCUT2D eigenvalue weighted by Crippen LogP contribution is -2.51. The smallest absolute Gasteiger partial charge is 0.252 e. The van der Waals surface area contributed by atoms with Gasteiger partial charge in [0.15, 0.2) is 0 Å². The number of amidine groups is 1. The van der Waals surface area contributed by atoms with E-state index in [0.717, 1.165) is 19.3 Å². The molecule has 3 atom stereocenters. The highest BCUT2D eigenvalue weighted by molar-refractivity contribution is 5.87. The minimum Gasteiger partial charge on any atom is -0.409 e. The summed E-state index contributed by atoms with van der Waals surface area (Å²) in [6.07, 6.45) is 3.23. The van der Waals surface area contributed by atoms with Crippen LogP contribution in [0.2, 0.25) is 0 Å². The van der Waals surface area contributed by atoms with E-state index in [4.69, 9.17) is 15.7 Å². The molecule has 1 rings (SSSR count). The topological polar surface area (TPSA) is 96.9 Å². The predicted octanol–water partition coefficient (Wildman–Crippen LogP) is 0.833. The second kappa shape index (κ2) is 6.04. The van der Waals surface area contributed by atoms with Crippen LogP contribution in [0.25, 0.3) is 0 Å². The second-order valence-electron chi connectivity index (χ2n) is 4.93. The van der Waals surface area contributed by atoms with Gasteiger partial charge < -0.3 is 21.0 Å². The first kappa shape index (κ1) is 14.8. The number of amides is 1. The normalized spacial score (nSPS) is 27.8. The second-order valence-corrected chi connectivity index (χ2v) is 4.93. The molecule has 0 aliphatic heterocycles. The zero-order valence-corrected chi connectivity index (χ0v) is 11.3. The van der Waals surface area contributed by atoms with Crippen LogP contribution in [-0.2, 0) is 9.53 Å². The van der Waals surface area contributed by atoms with Gasteiger partial charge in [0.25, 0.3) is 5.91 Å². The van der Waals surface area contributed by atoms with Crippen LogP contribution in [-0.4, -0.2) is 35.7 Å². The van der Waals surface area contributed by atoms with Crippen LogP contribution in [0.15, 0.2) is 5.16 Å². The minimum absolute atomic E-state index is 0.0746. The van der Waals surface area contributed by atoms with Gasteiger partial charge in [0.2, 0.25) is 0 Å². The molecule has 1 amide bonds. The standard InChI is InChI=1S/C12H23N3O3/c1-4-12(2,18-3)11(16)14-9-7-5-6-8(9)10(13)15-17/h8-9,17H,4-7H2,1-3H3,(H2,13,15)(H,14,16). The molecule has 1 aliphatic rings. The number of hydrogen-bond donors (Lipinski definition) is 3. The summed E-state index contributed by atoms with van der Waals surface area (Å²) in [7, 11) is 1.53. The number of hydrogen-bond acceptors (Lipinski definition) is 4. The lowest BCUT2D eigenvalue weighted by atomic mass is 9.98. The van der Waals surface area contributed by atoms with Crippen molar-refractivity contribution in [1.82, 2.24) is 5.32 Å². The lowest BCUT2D eigenvalue weighted by Gasteiger charge is -2.29. The third-order valence-electron chi connectivity index (χ3n) is 3.93. The predicted molar refractivity (Wildman–Crippen MR) is 68.4 cm³/mol. The minimum atomic E-state index is -0.821. The van der Waals surface area contributed by atoms with Gasteiger partial charge in [-0.2, -0.15) is 0 Å². The molecule has 0 radical (unpaired) electrons. The fourth-order valence-electron chi connectivity index (χ4n) is 2.28. The Morgan fingerprint density at radius 1 is 1.61 bits per heavy atom. The van der Waals surface area contributed by atoms with Gasteiger partial charge in [0, 0.05) is 19.1 Å². The SMILES string of the molecule is CCC(C)(OC)C(=O)NC1CCCC1C(N)=NO. The fraction of sp³-hybridized carbons (Fsp3) is 0.833. The first-order valence-corrected chi connectivity index (χ1v) is 6.32. The number of ether oxygens (including phenoxy) is 1. The number of nitrogens with one attached hydrogen (secondary N) is 1. The number of carbonyl (C=O) groups excluding carboxylic acids is 1. The maximum Gasteiger partial charge on any atom is 0.252 e. The molecule has 0 spiro atoms. The average Bonchev–Trinajstić information content (AvgIpc) is 2.84. The Morgan fingerprint density at radius 3 is 2.78 bits per heavy atom. The maximum atomic E-state index is 12.2. The summed E-state index contributed by atoms with van der Waals surface area (Å²) in [5.74, 6) is -0.0412. The summed E-state index contributed by atoms with van der Waals surface area (Å²) >= 11 is 0. The molecule has 0 aromatic carbocycles. The van der Waals surface area contributed by atoms with Crippen molar-refractivity contribution in [2.24, 2.45) is 16.8 Å². The maximum absolute atomic E-state index is 12.2. The van der Waals surface area contributed by atoms with E-state index in [1.807, 2.05) is 6.92 Å². The summed E-state index contributed by atoms with van der Waals surface area (Å²) in [6, 6.07) is -0.0746. The van der Waals surface area contributed by atoms with Crippen molar-refractivity contribution in [2.75, 3.05) is 7.11 Å². The molecule has 6 nitrogen and oxygen atoms in total. The van der Waals surface area contributed by atoms with Crippen molar-refractivity contribution in [1.29, 1.82) is 0 Å². The van der Waals surface area contributed by atoms with Crippen molar-refractivity contribution >= 4 is 11.7 Å². The molecule has 1 saturated carbocycles. The Balaban J connectivity index is 2.69. The van der Waals surface area contributed by atoms with Gasteiger partial charge in [0.05, 0.1) is 0 Å². The average molecular weight is 257 g/mol. The number of nitrogens with zero attached hydrogens (tertiary/aromatic N) is 1. The van der Waals surface area contributed by atoms with Gasteiger partial charge in [-0.15, -0.1) is 0 Å². The molecule has 3 unspecified atom stereocenters. The van der Waals surface area contributed by atoms with E-state index in [0.29, 0.717) is 6.42 Å². The molecule has 104 valence electrons. The van der Waals surface area contributed by atoms with Crippen molar-refractivity contribution in [3.8, 4) is 0 Å². The van der Waals surface area contributed by atoms with E-state index < -0.39 is 5.60 Å². The van der Waals surface area contributed by atoms with Crippen LogP contribution in [0, 0.1) is 5.92 Å². The highest BCUT2D eigenvalue weighted by Crippen LogP contribution is 2.27. The first-order valence-electron chi connectivity index (χ1n) is 6.32. The van der Waals surface area contributed by atoms with Crippen molar-refractivity contribution in [3.05, 3.63) is 0 Å². The summed E-state index contributed by atoms with van der Waals surface area (Å²) in [5, 5.41) is 14.7. The van der Waals surface area contributed by atoms with Gasteiger partial charge in [0.1, 0.15) is 11.4 Å². The van der Waals surface area contributed by atoms with Gasteiger partial charge in [-0.05, 0) is 26.2 Å². The number of methoxy groups -OCH3 is 1. The van der Waals surface area contributed by atoms with Crippen LogP contribution < -0.4 is 11.1 Å². The lowest BCUT2D eigenvalue weighted by molar-refractivity contribution is -0.142. The quantitative estimate of drug-likeness (QED) is 0.294. The van der Waals surface area contributed by atoms with Gasteiger partial charge >= 0.3 is 0 Å². The van der Waals surface area contributed by atoms with E-state index in [1.165, 1.54) is 7.11 Å². The molecular formula is C12H23N3O3. The molecule has 1 fully saturated rings. The van der Waals surface area contributed by atoms with Crippen molar-refractivity contribution in [3.63, 3.8) is 0 Å². The zero-order valence-electron chi connectivity index (χ0n) is 11.3. The molecule has 0 aromatic rings. The van der Waals surface area contributed by atoms with E-state index in [9.17, 15) is 4.79 Å². The van der Waals surface area contributed by atoms with Crippen LogP contribution in [0.5, 0.6) is 0 Å². The molecule has 18 heavy (non-hydrogen) atoms. The van der Waals surface area contributed by atoms with Gasteiger partial charge in [-0.3, -0.25) is 4.79 Å². The van der Waals surface area contributed by atoms with E-state index in [-0.39, 0.29) is 23.7 Å². The highest BCUT2D eigenvalue weighted by Gasteiger charge is 2.37. The van der Waals surface area contributed by atoms with Crippen LogP contribution in [0.4, 0.5) is 0 Å². The summed E-state index contributed by atoms with van der Waals surface area (Å²) < 4.78 is 5.26. The third kappa shape index (κ3) is 2.93. The number of oxime groups is 1. The Hall–Kier alpha value is -1.30. The largest absolute Gasteiger partial charge is 0.409 e. The van der Waals surface area contributed by atoms with Crippen molar-refractivity contribution < 1.29 is 14.7 Å². The molecule has 1 aliphatic carbocycles. The fourth-order valence-corrected chi connectivity index (χ4v) is 2.28. The Bertz CT molecular complexity index is 327. The van der Waals surface area contributed by atoms with Gasteiger partial charge in [-0.25, -0.2) is 0 Å². The van der Waals surface area contributed by atoms with E-state index >= 15 is 0 Å². The van der Waals surface area contributed by atoms with Gasteiger partial charge in [-0.1, -0.05) is 18.5 Å². The van der Waals surface area contributed by atoms with E-state index in [2.05, 4.69) is 10.5 Å². The van der Waals surface area contributed by atoms with Crippen LogP contribution >= 0.6 is 0 Å². The molecule has 0 bridgehead atoms. The molecule has 0 aromatic heterocycles. The monoisotopic (exact) mass is 257 g/mol. The number of carbonyl (C=O) groups is 1. The Labute approximate surface area is 108 Å². The third-order valence-corrected chi connectivity index (χ3v) is 3.93. The Morgan fingerprint density at radius 2 is 2.28 bits per heavy atom. The first-order chi connectivity index (χ1) is 8.48. The van der Waals surface area contributed by atoms with Crippen LogP contribution in [0.3, 0.4) is 0 Å². The Kier molecular flexibility index (Phi) is 4.95. The molecule has 6 heteroatoms. The summed E-state index contributed by atoms with van der Waals surface area (Å²) in [5.41, 5.74) is 4.81. The molecular weight excluding hydrogens is 234 g/mol. The van der Waals surface area contributed by atoms with Crippen molar-refractivity contribution in [2.45, 2.75) is 51.2 Å². The summed E-state index contributed by atoms with van der Waals surface area (Å²) in [4.78, 5) is 12.2. The number of rotatable bonds is 5. The van der Waals surface area contributed by atoms with E-state index in [1.54, 1.807) is 6.92 Å². The highest BCUT2D eigenvalue weighted by atomic mass is 16.5. The zero-order chi connectivity index (χ0) is 13.8. The molecule has 4 N–H and O–H groups in total. The van der Waals surface area contributed by atoms with Crippen LogP contribution in [0.1, 0.15) is 39.5 Å². The number of nitrogens with two attached hydrogens (primary N) is 1. The summed E-state index contributed by atoms with van der Waals surface area (Å²) in [6.45, 7) is 3.66.